The van der Waals surface area contributed by atoms with E-state index in [0.717, 1.165) is 12.8 Å². The molecule has 0 aromatic carbocycles. The average molecular weight is 254 g/mol. The SMILES string of the molecule is CC1(C)NC(=O)CCN(C2(C)CCOCC2)C1=O. The molecule has 2 saturated heterocycles. The molecule has 0 spiro atoms. The molecule has 102 valence electrons. The van der Waals surface area contributed by atoms with Gasteiger partial charge in [-0.05, 0) is 33.6 Å². The molecule has 2 aliphatic heterocycles. The number of hydrogen-bond acceptors (Lipinski definition) is 3. The van der Waals surface area contributed by atoms with E-state index in [-0.39, 0.29) is 17.4 Å². The number of nitrogens with zero attached hydrogens (tertiary/aromatic N) is 1. The molecule has 2 aliphatic rings. The lowest BCUT2D eigenvalue weighted by molar-refractivity contribution is -0.146. The molecular formula is C13H22N2O3. The summed E-state index contributed by atoms with van der Waals surface area (Å²) in [5, 5.41) is 2.79. The molecule has 0 radical (unpaired) electrons. The van der Waals surface area contributed by atoms with Crippen molar-refractivity contribution >= 4 is 11.8 Å². The van der Waals surface area contributed by atoms with Crippen LogP contribution in [-0.4, -0.2) is 47.6 Å². The lowest BCUT2D eigenvalue weighted by Crippen LogP contribution is -2.60. The summed E-state index contributed by atoms with van der Waals surface area (Å²) in [7, 11) is 0. The van der Waals surface area contributed by atoms with Gasteiger partial charge < -0.3 is 15.0 Å². The van der Waals surface area contributed by atoms with E-state index in [2.05, 4.69) is 12.2 Å². The van der Waals surface area contributed by atoms with Crippen LogP contribution >= 0.6 is 0 Å². The van der Waals surface area contributed by atoms with Gasteiger partial charge in [0.1, 0.15) is 5.54 Å². The minimum atomic E-state index is -0.811. The zero-order valence-electron chi connectivity index (χ0n) is 11.4. The topological polar surface area (TPSA) is 58.6 Å². The number of rotatable bonds is 1. The molecule has 2 amide bonds. The molecule has 0 atom stereocenters. The van der Waals surface area contributed by atoms with E-state index in [9.17, 15) is 9.59 Å². The van der Waals surface area contributed by atoms with Gasteiger partial charge in [-0.25, -0.2) is 0 Å². The highest BCUT2D eigenvalue weighted by molar-refractivity contribution is 5.93. The number of ether oxygens (including phenoxy) is 1. The third kappa shape index (κ3) is 2.36. The van der Waals surface area contributed by atoms with Gasteiger partial charge >= 0.3 is 0 Å². The predicted octanol–water partition coefficient (Wildman–Crippen LogP) is 0.683. The Kier molecular flexibility index (Phi) is 3.36. The highest BCUT2D eigenvalue weighted by atomic mass is 16.5. The molecule has 18 heavy (non-hydrogen) atoms. The third-order valence-electron chi connectivity index (χ3n) is 4.02. The van der Waals surface area contributed by atoms with E-state index >= 15 is 0 Å². The van der Waals surface area contributed by atoms with Gasteiger partial charge in [-0.3, -0.25) is 9.59 Å². The molecule has 0 aliphatic carbocycles. The monoisotopic (exact) mass is 254 g/mol. The number of carbonyl (C=O) groups is 2. The lowest BCUT2D eigenvalue weighted by Gasteiger charge is -2.45. The van der Waals surface area contributed by atoms with E-state index in [1.807, 2.05) is 4.90 Å². The third-order valence-corrected chi connectivity index (χ3v) is 4.02. The Morgan fingerprint density at radius 2 is 1.78 bits per heavy atom. The van der Waals surface area contributed by atoms with Crippen molar-refractivity contribution in [2.45, 2.75) is 51.1 Å². The number of hydrogen-bond donors (Lipinski definition) is 1. The van der Waals surface area contributed by atoms with E-state index in [0.29, 0.717) is 26.2 Å². The fourth-order valence-electron chi connectivity index (χ4n) is 2.71. The molecule has 1 N–H and O–H groups in total. The van der Waals surface area contributed by atoms with Crippen LogP contribution in [0.4, 0.5) is 0 Å². The first-order chi connectivity index (χ1) is 8.35. The zero-order chi connectivity index (χ0) is 13.4. The Morgan fingerprint density at radius 1 is 1.17 bits per heavy atom. The van der Waals surface area contributed by atoms with Crippen molar-refractivity contribution in [1.29, 1.82) is 0 Å². The summed E-state index contributed by atoms with van der Waals surface area (Å²) in [6.07, 6.45) is 2.05. The quantitative estimate of drug-likeness (QED) is 0.748. The van der Waals surface area contributed by atoms with Crippen molar-refractivity contribution in [1.82, 2.24) is 10.2 Å². The second-order valence-electron chi connectivity index (χ2n) is 5.99. The summed E-state index contributed by atoms with van der Waals surface area (Å²) >= 11 is 0. The van der Waals surface area contributed by atoms with Gasteiger partial charge in [0.25, 0.3) is 0 Å². The minimum Gasteiger partial charge on any atom is -0.381 e. The molecule has 2 fully saturated rings. The Morgan fingerprint density at radius 3 is 2.39 bits per heavy atom. The van der Waals surface area contributed by atoms with Crippen molar-refractivity contribution in [2.24, 2.45) is 0 Å². The lowest BCUT2D eigenvalue weighted by atomic mass is 9.88. The van der Waals surface area contributed by atoms with E-state index in [1.165, 1.54) is 0 Å². The van der Waals surface area contributed by atoms with Crippen molar-refractivity contribution in [3.05, 3.63) is 0 Å². The number of amides is 2. The molecule has 0 bridgehead atoms. The molecule has 2 heterocycles. The number of carbonyl (C=O) groups excluding carboxylic acids is 2. The normalized spacial score (nSPS) is 27.6. The van der Waals surface area contributed by atoms with Crippen LogP contribution in [0.5, 0.6) is 0 Å². The fraction of sp³-hybridized carbons (Fsp3) is 0.846. The van der Waals surface area contributed by atoms with Gasteiger partial charge in [0, 0.05) is 31.7 Å². The van der Waals surface area contributed by atoms with Gasteiger partial charge in [0.15, 0.2) is 0 Å². The van der Waals surface area contributed by atoms with Crippen LogP contribution in [0.25, 0.3) is 0 Å². The maximum atomic E-state index is 12.6. The highest BCUT2D eigenvalue weighted by Gasteiger charge is 2.44. The molecule has 0 saturated carbocycles. The van der Waals surface area contributed by atoms with Crippen molar-refractivity contribution < 1.29 is 14.3 Å². The van der Waals surface area contributed by atoms with E-state index in [1.54, 1.807) is 13.8 Å². The Labute approximate surface area is 108 Å². The van der Waals surface area contributed by atoms with Gasteiger partial charge in [0.05, 0.1) is 0 Å². The maximum Gasteiger partial charge on any atom is 0.248 e. The van der Waals surface area contributed by atoms with Gasteiger partial charge in [0.2, 0.25) is 11.8 Å². The van der Waals surface area contributed by atoms with Crippen molar-refractivity contribution in [2.75, 3.05) is 19.8 Å². The standard InChI is InChI=1S/C13H22N2O3/c1-12(2)11(17)15(7-4-10(16)14-12)13(3)5-8-18-9-6-13/h4-9H2,1-3H3,(H,14,16). The van der Waals surface area contributed by atoms with Crippen LogP contribution in [0.1, 0.15) is 40.0 Å². The molecule has 0 aromatic rings. The molecule has 2 rings (SSSR count). The van der Waals surface area contributed by atoms with Crippen LogP contribution in [0.3, 0.4) is 0 Å². The summed E-state index contributed by atoms with van der Waals surface area (Å²) in [6.45, 7) is 7.51. The zero-order valence-corrected chi connectivity index (χ0v) is 11.4. The molecule has 5 nitrogen and oxygen atoms in total. The Bertz CT molecular complexity index is 359. The second kappa shape index (κ2) is 4.53. The fourth-order valence-corrected chi connectivity index (χ4v) is 2.71. The molecule has 0 unspecified atom stereocenters. The van der Waals surface area contributed by atoms with E-state index < -0.39 is 5.54 Å². The van der Waals surface area contributed by atoms with E-state index in [4.69, 9.17) is 4.74 Å². The predicted molar refractivity (Wildman–Crippen MR) is 67.0 cm³/mol. The van der Waals surface area contributed by atoms with Crippen LogP contribution in [0, 0.1) is 0 Å². The summed E-state index contributed by atoms with van der Waals surface area (Å²) in [6, 6.07) is 0. The smallest absolute Gasteiger partial charge is 0.248 e. The summed E-state index contributed by atoms with van der Waals surface area (Å²) in [5.41, 5.74) is -0.992. The van der Waals surface area contributed by atoms with Crippen LogP contribution < -0.4 is 5.32 Å². The largest absolute Gasteiger partial charge is 0.381 e. The molecule has 5 heteroatoms. The van der Waals surface area contributed by atoms with Crippen molar-refractivity contribution in [3.8, 4) is 0 Å². The average Bonchev–Trinajstić information content (AvgIpc) is 2.38. The van der Waals surface area contributed by atoms with Gasteiger partial charge in [-0.2, -0.15) is 0 Å². The maximum absolute atomic E-state index is 12.6. The summed E-state index contributed by atoms with van der Waals surface area (Å²) < 4.78 is 5.37. The number of nitrogens with one attached hydrogen (secondary N) is 1. The Hall–Kier alpha value is -1.10. The first-order valence-electron chi connectivity index (χ1n) is 6.56. The Balaban J connectivity index is 2.25. The molecule has 0 aromatic heterocycles. The second-order valence-corrected chi connectivity index (χ2v) is 5.99. The van der Waals surface area contributed by atoms with Gasteiger partial charge in [-0.1, -0.05) is 0 Å². The minimum absolute atomic E-state index is 0.0118. The van der Waals surface area contributed by atoms with Crippen LogP contribution in [0.15, 0.2) is 0 Å². The summed E-state index contributed by atoms with van der Waals surface area (Å²) in [4.78, 5) is 26.1. The molecular weight excluding hydrogens is 232 g/mol. The first-order valence-corrected chi connectivity index (χ1v) is 6.56. The highest BCUT2D eigenvalue weighted by Crippen LogP contribution is 2.30. The van der Waals surface area contributed by atoms with Gasteiger partial charge in [-0.15, -0.1) is 0 Å². The summed E-state index contributed by atoms with van der Waals surface area (Å²) in [5.74, 6) is -0.0377. The van der Waals surface area contributed by atoms with Crippen molar-refractivity contribution in [3.63, 3.8) is 0 Å². The first kappa shape index (κ1) is 13.3. The van der Waals surface area contributed by atoms with Crippen LogP contribution in [0.2, 0.25) is 0 Å². The van der Waals surface area contributed by atoms with Crippen LogP contribution in [-0.2, 0) is 14.3 Å².